The highest BCUT2D eigenvalue weighted by Gasteiger charge is 2.28. The average Bonchev–Trinajstić information content (AvgIpc) is 2.82. The van der Waals surface area contributed by atoms with Gasteiger partial charge in [0.25, 0.3) is 5.91 Å². The van der Waals surface area contributed by atoms with Crippen LogP contribution in [0.15, 0.2) is 48.5 Å². The van der Waals surface area contributed by atoms with Crippen LogP contribution < -0.4 is 10.1 Å². The van der Waals surface area contributed by atoms with E-state index < -0.39 is 6.04 Å². The number of hydrogen-bond donors (Lipinski definition) is 1. The molecular weight excluding hydrogens is 400 g/mol. The molecular formula is C27H36N2O3. The molecule has 1 N–H and O–H groups in total. The second kappa shape index (κ2) is 11.7. The summed E-state index contributed by atoms with van der Waals surface area (Å²) in [5.74, 6) is 0.371. The fourth-order valence-corrected chi connectivity index (χ4v) is 4.17. The quantitative estimate of drug-likeness (QED) is 0.614. The highest BCUT2D eigenvalue weighted by atomic mass is 16.5. The molecule has 0 heterocycles. The average molecular weight is 437 g/mol. The zero-order valence-corrected chi connectivity index (χ0v) is 19.6. The molecule has 2 aromatic carbocycles. The van der Waals surface area contributed by atoms with Crippen LogP contribution in [0, 0.1) is 6.92 Å². The first-order valence-corrected chi connectivity index (χ1v) is 11.8. The van der Waals surface area contributed by atoms with Gasteiger partial charge in [0, 0.05) is 12.6 Å². The first-order chi connectivity index (χ1) is 15.5. The molecule has 1 saturated carbocycles. The summed E-state index contributed by atoms with van der Waals surface area (Å²) >= 11 is 0. The van der Waals surface area contributed by atoms with Crippen LogP contribution in [0.1, 0.15) is 62.6 Å². The van der Waals surface area contributed by atoms with E-state index in [0.717, 1.165) is 43.2 Å². The lowest BCUT2D eigenvalue weighted by molar-refractivity contribution is -0.142. The summed E-state index contributed by atoms with van der Waals surface area (Å²) in [7, 11) is 0. The predicted octanol–water partition coefficient (Wildman–Crippen LogP) is 4.80. The van der Waals surface area contributed by atoms with E-state index in [-0.39, 0.29) is 24.5 Å². The molecule has 32 heavy (non-hydrogen) atoms. The van der Waals surface area contributed by atoms with Crippen molar-refractivity contribution in [2.24, 2.45) is 0 Å². The highest BCUT2D eigenvalue weighted by molar-refractivity contribution is 5.88. The number of carbonyl (C=O) groups excluding carboxylic acids is 2. The van der Waals surface area contributed by atoms with Crippen LogP contribution in [-0.4, -0.2) is 35.4 Å². The van der Waals surface area contributed by atoms with E-state index in [4.69, 9.17) is 4.74 Å². The Balaban J connectivity index is 1.70. The molecule has 0 aromatic heterocycles. The van der Waals surface area contributed by atoms with Gasteiger partial charge in [-0.1, -0.05) is 62.6 Å². The third kappa shape index (κ3) is 6.59. The molecule has 1 atom stereocenters. The van der Waals surface area contributed by atoms with E-state index in [1.54, 1.807) is 4.90 Å². The molecule has 5 heteroatoms. The molecule has 0 bridgehead atoms. The Kier molecular flexibility index (Phi) is 8.72. The summed E-state index contributed by atoms with van der Waals surface area (Å²) in [6, 6.07) is 15.4. The number of nitrogens with one attached hydrogen (secondary N) is 1. The van der Waals surface area contributed by atoms with E-state index in [1.807, 2.05) is 62.4 Å². The molecule has 0 saturated heterocycles. The summed E-state index contributed by atoms with van der Waals surface area (Å²) in [4.78, 5) is 27.9. The monoisotopic (exact) mass is 436 g/mol. The number of aryl methyl sites for hydroxylation is 2. The number of carbonyl (C=O) groups is 2. The third-order valence-corrected chi connectivity index (χ3v) is 6.41. The lowest BCUT2D eigenvalue weighted by Gasteiger charge is -2.31. The molecule has 172 valence electrons. The molecule has 0 unspecified atom stereocenters. The van der Waals surface area contributed by atoms with Crippen molar-refractivity contribution in [2.45, 2.75) is 77.9 Å². The lowest BCUT2D eigenvalue weighted by Crippen LogP contribution is -2.51. The maximum Gasteiger partial charge on any atom is 0.261 e. The minimum Gasteiger partial charge on any atom is -0.484 e. The first-order valence-electron chi connectivity index (χ1n) is 11.8. The summed E-state index contributed by atoms with van der Waals surface area (Å²) in [5, 5.41) is 3.17. The van der Waals surface area contributed by atoms with Crippen LogP contribution in [-0.2, 0) is 22.6 Å². The molecule has 1 aliphatic rings. The van der Waals surface area contributed by atoms with Crippen LogP contribution >= 0.6 is 0 Å². The maximum absolute atomic E-state index is 13.2. The molecule has 2 amide bonds. The standard InChI is InChI=1S/C27H36N2O3/c1-4-22-14-16-25(17-15-22)32-19-26(30)29(18-23-11-9-8-10-20(23)2)21(3)27(31)28-24-12-6-5-7-13-24/h8-11,14-17,21,24H,4-7,12-13,18-19H2,1-3H3,(H,28,31)/t21-/m1/s1. The Morgan fingerprint density at radius 2 is 1.75 bits per heavy atom. The molecule has 0 aliphatic heterocycles. The van der Waals surface area contributed by atoms with E-state index in [9.17, 15) is 9.59 Å². The maximum atomic E-state index is 13.2. The smallest absolute Gasteiger partial charge is 0.261 e. The molecule has 0 spiro atoms. The van der Waals surface area contributed by atoms with E-state index >= 15 is 0 Å². The van der Waals surface area contributed by atoms with Crippen molar-refractivity contribution in [1.82, 2.24) is 10.2 Å². The van der Waals surface area contributed by atoms with Crippen molar-refractivity contribution >= 4 is 11.8 Å². The second-order valence-electron chi connectivity index (χ2n) is 8.75. The van der Waals surface area contributed by atoms with Gasteiger partial charge in [0.1, 0.15) is 11.8 Å². The Morgan fingerprint density at radius 1 is 1.06 bits per heavy atom. The highest BCUT2D eigenvalue weighted by Crippen LogP contribution is 2.19. The summed E-state index contributed by atoms with van der Waals surface area (Å²) in [5.41, 5.74) is 3.35. The van der Waals surface area contributed by atoms with Crippen molar-refractivity contribution in [3.05, 3.63) is 65.2 Å². The normalized spacial score (nSPS) is 15.1. The van der Waals surface area contributed by atoms with E-state index in [1.165, 1.54) is 12.0 Å². The van der Waals surface area contributed by atoms with Gasteiger partial charge in [0.05, 0.1) is 0 Å². The van der Waals surface area contributed by atoms with Crippen molar-refractivity contribution < 1.29 is 14.3 Å². The van der Waals surface area contributed by atoms with Crippen LogP contribution in [0.2, 0.25) is 0 Å². The van der Waals surface area contributed by atoms with Crippen LogP contribution in [0.25, 0.3) is 0 Å². The van der Waals surface area contributed by atoms with Crippen molar-refractivity contribution in [1.29, 1.82) is 0 Å². The number of nitrogens with zero attached hydrogens (tertiary/aromatic N) is 1. The minimum atomic E-state index is -0.574. The van der Waals surface area contributed by atoms with Gasteiger partial charge >= 0.3 is 0 Å². The first kappa shape index (κ1) is 23.8. The molecule has 5 nitrogen and oxygen atoms in total. The van der Waals surface area contributed by atoms with Crippen LogP contribution in [0.4, 0.5) is 0 Å². The lowest BCUT2D eigenvalue weighted by atomic mass is 9.95. The number of amides is 2. The molecule has 2 aromatic rings. The molecule has 3 rings (SSSR count). The van der Waals surface area contributed by atoms with Crippen molar-refractivity contribution in [2.75, 3.05) is 6.61 Å². The van der Waals surface area contributed by atoms with E-state index in [0.29, 0.717) is 12.3 Å². The number of rotatable bonds is 9. The Morgan fingerprint density at radius 3 is 2.41 bits per heavy atom. The Hall–Kier alpha value is -2.82. The number of benzene rings is 2. The summed E-state index contributed by atoms with van der Waals surface area (Å²) in [6.07, 6.45) is 6.52. The van der Waals surface area contributed by atoms with Crippen LogP contribution in [0.5, 0.6) is 5.75 Å². The second-order valence-corrected chi connectivity index (χ2v) is 8.75. The fraction of sp³-hybridized carbons (Fsp3) is 0.481. The Labute approximate surface area is 192 Å². The summed E-state index contributed by atoms with van der Waals surface area (Å²) < 4.78 is 5.77. The Bertz CT molecular complexity index is 888. The molecule has 0 radical (unpaired) electrons. The van der Waals surface area contributed by atoms with Crippen LogP contribution in [0.3, 0.4) is 0 Å². The number of hydrogen-bond acceptors (Lipinski definition) is 3. The van der Waals surface area contributed by atoms with Gasteiger partial charge in [0.2, 0.25) is 5.91 Å². The molecule has 1 aliphatic carbocycles. The molecule has 1 fully saturated rings. The van der Waals surface area contributed by atoms with Gasteiger partial charge in [-0.2, -0.15) is 0 Å². The zero-order valence-electron chi connectivity index (χ0n) is 19.6. The zero-order chi connectivity index (χ0) is 22.9. The van der Waals surface area contributed by atoms with Crippen molar-refractivity contribution in [3.8, 4) is 5.75 Å². The third-order valence-electron chi connectivity index (χ3n) is 6.41. The predicted molar refractivity (Wildman–Crippen MR) is 128 cm³/mol. The topological polar surface area (TPSA) is 58.6 Å². The fourth-order valence-electron chi connectivity index (χ4n) is 4.17. The summed E-state index contributed by atoms with van der Waals surface area (Å²) in [6.45, 7) is 6.21. The van der Waals surface area contributed by atoms with Gasteiger partial charge in [-0.3, -0.25) is 9.59 Å². The van der Waals surface area contributed by atoms with Gasteiger partial charge in [-0.05, 0) is 61.9 Å². The van der Waals surface area contributed by atoms with Gasteiger partial charge in [0.15, 0.2) is 6.61 Å². The largest absolute Gasteiger partial charge is 0.484 e. The van der Waals surface area contributed by atoms with E-state index in [2.05, 4.69) is 12.2 Å². The van der Waals surface area contributed by atoms with Gasteiger partial charge in [-0.15, -0.1) is 0 Å². The van der Waals surface area contributed by atoms with Gasteiger partial charge < -0.3 is 15.0 Å². The number of ether oxygens (including phenoxy) is 1. The SMILES string of the molecule is CCc1ccc(OCC(=O)N(Cc2ccccc2C)[C@H](C)C(=O)NC2CCCCC2)cc1. The van der Waals surface area contributed by atoms with Gasteiger partial charge in [-0.25, -0.2) is 0 Å². The van der Waals surface area contributed by atoms with Crippen molar-refractivity contribution in [3.63, 3.8) is 0 Å². The minimum absolute atomic E-state index is 0.0915.